The third-order valence-corrected chi connectivity index (χ3v) is 4.33. The highest BCUT2D eigenvalue weighted by atomic mass is 16.5. The summed E-state index contributed by atoms with van der Waals surface area (Å²) in [6.45, 7) is 2.11. The maximum absolute atomic E-state index is 11.6. The normalized spacial score (nSPS) is 12.0. The first-order chi connectivity index (χ1) is 11.2. The van der Waals surface area contributed by atoms with Gasteiger partial charge in [0.1, 0.15) is 0 Å². The van der Waals surface area contributed by atoms with Crippen LogP contribution in [0.2, 0.25) is 0 Å². The van der Waals surface area contributed by atoms with Gasteiger partial charge in [0.15, 0.2) is 0 Å². The van der Waals surface area contributed by atoms with E-state index in [0.29, 0.717) is 6.42 Å². The fraction of sp³-hybridized carbons (Fsp3) is 0.895. The second-order valence-electron chi connectivity index (χ2n) is 6.31. The minimum Gasteiger partial charge on any atom is -0.469 e. The highest BCUT2D eigenvalue weighted by Crippen LogP contribution is 2.18. The molecule has 0 rings (SSSR count). The van der Waals surface area contributed by atoms with Crippen LogP contribution in [0.4, 0.5) is 0 Å². The molecule has 0 aromatic carbocycles. The van der Waals surface area contributed by atoms with Gasteiger partial charge in [0.2, 0.25) is 0 Å². The molecule has 136 valence electrons. The molecule has 0 aliphatic heterocycles. The summed E-state index contributed by atoms with van der Waals surface area (Å²) in [5.74, 6) is -0.0445. The number of hydrogen-bond acceptors (Lipinski definition) is 4. The van der Waals surface area contributed by atoms with Gasteiger partial charge in [-0.2, -0.15) is 0 Å². The number of unbranched alkanes of at least 4 members (excludes halogenated alkanes) is 8. The Morgan fingerprint density at radius 2 is 1.26 bits per heavy atom. The first-order valence-electron chi connectivity index (χ1n) is 9.30. The summed E-state index contributed by atoms with van der Waals surface area (Å²) in [5.41, 5.74) is 0. The van der Waals surface area contributed by atoms with Gasteiger partial charge in [-0.15, -0.1) is 0 Å². The number of carbonyl (C=O) groups excluding carboxylic acids is 2. The zero-order valence-corrected chi connectivity index (χ0v) is 15.4. The number of ether oxygens (including phenoxy) is 2. The predicted molar refractivity (Wildman–Crippen MR) is 93.2 cm³/mol. The van der Waals surface area contributed by atoms with Crippen molar-refractivity contribution in [3.05, 3.63) is 0 Å². The van der Waals surface area contributed by atoms with E-state index >= 15 is 0 Å². The standard InChI is InChI=1S/C19H36O4/c1-4-14-17(19(21)23-3)15-12-10-8-6-5-7-9-11-13-16-18(20)22-2/h17H,4-16H2,1-3H3. The Morgan fingerprint density at radius 1 is 0.739 bits per heavy atom. The van der Waals surface area contributed by atoms with Crippen molar-refractivity contribution >= 4 is 11.9 Å². The molecule has 0 amide bonds. The van der Waals surface area contributed by atoms with Crippen LogP contribution in [0.1, 0.15) is 90.4 Å². The molecule has 1 atom stereocenters. The lowest BCUT2D eigenvalue weighted by molar-refractivity contribution is -0.146. The van der Waals surface area contributed by atoms with E-state index in [4.69, 9.17) is 4.74 Å². The molecule has 1 unspecified atom stereocenters. The van der Waals surface area contributed by atoms with Crippen molar-refractivity contribution in [3.63, 3.8) is 0 Å². The molecule has 0 aromatic rings. The number of rotatable bonds is 15. The molecule has 23 heavy (non-hydrogen) atoms. The lowest BCUT2D eigenvalue weighted by Gasteiger charge is -2.13. The van der Waals surface area contributed by atoms with Crippen molar-refractivity contribution in [1.29, 1.82) is 0 Å². The highest BCUT2D eigenvalue weighted by Gasteiger charge is 2.17. The minimum absolute atomic E-state index is 0.0428. The predicted octanol–water partition coefficient (Wildman–Crippen LogP) is 5.04. The molecule has 0 aliphatic rings. The lowest BCUT2D eigenvalue weighted by atomic mass is 9.96. The zero-order chi connectivity index (χ0) is 17.3. The van der Waals surface area contributed by atoms with Gasteiger partial charge in [-0.3, -0.25) is 9.59 Å². The average molecular weight is 328 g/mol. The van der Waals surface area contributed by atoms with Crippen LogP contribution >= 0.6 is 0 Å². The van der Waals surface area contributed by atoms with E-state index < -0.39 is 0 Å². The Kier molecular flexibility index (Phi) is 15.1. The van der Waals surface area contributed by atoms with Crippen molar-refractivity contribution in [3.8, 4) is 0 Å². The third kappa shape index (κ3) is 13.1. The fourth-order valence-electron chi connectivity index (χ4n) is 2.89. The molecule has 4 nitrogen and oxygen atoms in total. The summed E-state index contributed by atoms with van der Waals surface area (Å²) >= 11 is 0. The molecule has 0 saturated carbocycles. The Hall–Kier alpha value is -1.06. The molecule has 0 radical (unpaired) electrons. The molecule has 0 fully saturated rings. The molecular formula is C19H36O4. The van der Waals surface area contributed by atoms with Crippen LogP contribution in [0.15, 0.2) is 0 Å². The van der Waals surface area contributed by atoms with Gasteiger partial charge in [0.05, 0.1) is 20.1 Å². The number of methoxy groups -OCH3 is 2. The number of hydrogen-bond donors (Lipinski definition) is 0. The molecule has 4 heteroatoms. The second-order valence-corrected chi connectivity index (χ2v) is 6.31. The summed E-state index contributed by atoms with van der Waals surface area (Å²) in [6, 6.07) is 0. The average Bonchev–Trinajstić information content (AvgIpc) is 2.57. The Bertz CT molecular complexity index is 302. The molecular weight excluding hydrogens is 292 g/mol. The van der Waals surface area contributed by atoms with Gasteiger partial charge in [-0.25, -0.2) is 0 Å². The van der Waals surface area contributed by atoms with Crippen LogP contribution < -0.4 is 0 Å². The minimum atomic E-state index is -0.0988. The van der Waals surface area contributed by atoms with Crippen molar-refractivity contribution in [2.45, 2.75) is 90.4 Å². The summed E-state index contributed by atoms with van der Waals surface area (Å²) < 4.78 is 9.48. The van der Waals surface area contributed by atoms with E-state index in [1.54, 1.807) is 0 Å². The molecule has 0 N–H and O–H groups in total. The number of carbonyl (C=O) groups is 2. The van der Waals surface area contributed by atoms with E-state index in [2.05, 4.69) is 11.7 Å². The molecule has 0 bridgehead atoms. The maximum atomic E-state index is 11.6. The van der Waals surface area contributed by atoms with E-state index in [9.17, 15) is 9.59 Å². The van der Waals surface area contributed by atoms with E-state index in [-0.39, 0.29) is 17.9 Å². The SMILES string of the molecule is CCCC(CCCCCCCCCCCC(=O)OC)C(=O)OC. The van der Waals surface area contributed by atoms with Gasteiger partial charge in [-0.1, -0.05) is 64.7 Å². The number of esters is 2. The Labute approximate surface area is 142 Å². The summed E-state index contributed by atoms with van der Waals surface area (Å²) in [5, 5.41) is 0. The summed E-state index contributed by atoms with van der Waals surface area (Å²) in [7, 11) is 2.92. The van der Waals surface area contributed by atoms with Crippen LogP contribution in [0.25, 0.3) is 0 Å². The van der Waals surface area contributed by atoms with E-state index in [1.807, 2.05) is 0 Å². The molecule has 0 aromatic heterocycles. The summed E-state index contributed by atoms with van der Waals surface area (Å²) in [4.78, 5) is 22.5. The Balaban J connectivity index is 3.38. The molecule has 0 aliphatic carbocycles. The first-order valence-corrected chi connectivity index (χ1v) is 9.30. The Morgan fingerprint density at radius 3 is 1.74 bits per heavy atom. The van der Waals surface area contributed by atoms with Crippen molar-refractivity contribution in [2.75, 3.05) is 14.2 Å². The quantitative estimate of drug-likeness (QED) is 0.312. The van der Waals surface area contributed by atoms with Gasteiger partial charge < -0.3 is 9.47 Å². The smallest absolute Gasteiger partial charge is 0.308 e. The summed E-state index contributed by atoms with van der Waals surface area (Å²) in [6.07, 6.45) is 14.1. The van der Waals surface area contributed by atoms with Gasteiger partial charge >= 0.3 is 11.9 Å². The second kappa shape index (κ2) is 15.8. The highest BCUT2D eigenvalue weighted by molar-refractivity contribution is 5.72. The van der Waals surface area contributed by atoms with Crippen LogP contribution in [0.3, 0.4) is 0 Å². The molecule has 0 saturated heterocycles. The molecule has 0 spiro atoms. The van der Waals surface area contributed by atoms with Crippen molar-refractivity contribution in [1.82, 2.24) is 0 Å². The van der Waals surface area contributed by atoms with E-state index in [1.165, 1.54) is 52.7 Å². The van der Waals surface area contributed by atoms with Gasteiger partial charge in [0, 0.05) is 6.42 Å². The van der Waals surface area contributed by atoms with Gasteiger partial charge in [0.25, 0.3) is 0 Å². The third-order valence-electron chi connectivity index (χ3n) is 4.33. The van der Waals surface area contributed by atoms with Gasteiger partial charge in [-0.05, 0) is 19.3 Å². The van der Waals surface area contributed by atoms with Crippen molar-refractivity contribution in [2.24, 2.45) is 5.92 Å². The van der Waals surface area contributed by atoms with Crippen LogP contribution in [0, 0.1) is 5.92 Å². The largest absolute Gasteiger partial charge is 0.469 e. The van der Waals surface area contributed by atoms with Crippen LogP contribution in [-0.4, -0.2) is 26.2 Å². The first kappa shape index (κ1) is 21.9. The zero-order valence-electron chi connectivity index (χ0n) is 15.4. The monoisotopic (exact) mass is 328 g/mol. The lowest BCUT2D eigenvalue weighted by Crippen LogP contribution is -2.15. The van der Waals surface area contributed by atoms with Crippen LogP contribution in [-0.2, 0) is 19.1 Å². The fourth-order valence-corrected chi connectivity index (χ4v) is 2.89. The topological polar surface area (TPSA) is 52.6 Å². The van der Waals surface area contributed by atoms with Crippen LogP contribution in [0.5, 0.6) is 0 Å². The maximum Gasteiger partial charge on any atom is 0.308 e. The van der Waals surface area contributed by atoms with E-state index in [0.717, 1.165) is 38.5 Å². The van der Waals surface area contributed by atoms with Crippen molar-refractivity contribution < 1.29 is 19.1 Å². The molecule has 0 heterocycles.